The molecule has 0 bridgehead atoms. The van der Waals surface area contributed by atoms with Gasteiger partial charge in [-0.1, -0.05) is 65.8 Å². The number of halogens is 1. The highest BCUT2D eigenvalue weighted by atomic mass is 127. The van der Waals surface area contributed by atoms with E-state index in [1.54, 1.807) is 11.8 Å². The first-order valence-electron chi connectivity index (χ1n) is 7.32. The van der Waals surface area contributed by atoms with Gasteiger partial charge in [-0.25, -0.2) is 0 Å². The molecule has 5 heteroatoms. The lowest BCUT2D eigenvalue weighted by molar-refractivity contribution is -0.474. The SMILES string of the molecule is CC(C)=NNC(=[NH+]Cc1ccccc1)SCc1ccccc1.[I-]. The second-order valence-corrected chi connectivity index (χ2v) is 6.10. The molecule has 2 aromatic rings. The standard InChI is InChI=1S/C18H21N3S.HI/c1-15(2)20-21-18(19-13-16-9-5-3-6-10-16)22-14-17-11-7-4-8-12-17;/h3-12H,13-14H2,1-2H3,(H,19,21);1H. The average Bonchev–Trinajstić information content (AvgIpc) is 2.56. The van der Waals surface area contributed by atoms with Crippen molar-refractivity contribution in [2.75, 3.05) is 0 Å². The number of nitrogens with one attached hydrogen (secondary N) is 2. The lowest BCUT2D eigenvalue weighted by Crippen LogP contribution is -3.00. The second kappa shape index (κ2) is 11.2. The number of rotatable bonds is 5. The van der Waals surface area contributed by atoms with Crippen molar-refractivity contribution in [3.05, 3.63) is 71.8 Å². The van der Waals surface area contributed by atoms with Gasteiger partial charge in [-0.15, -0.1) is 5.43 Å². The zero-order valence-corrected chi connectivity index (χ0v) is 16.4. The quantitative estimate of drug-likeness (QED) is 0.287. The molecule has 0 aliphatic heterocycles. The van der Waals surface area contributed by atoms with Crippen LogP contribution < -0.4 is 34.4 Å². The molecule has 0 unspecified atom stereocenters. The summed E-state index contributed by atoms with van der Waals surface area (Å²) in [6.07, 6.45) is 0. The molecule has 0 fully saturated rings. The minimum atomic E-state index is 0. The number of thioether (sulfide) groups is 1. The van der Waals surface area contributed by atoms with E-state index in [4.69, 9.17) is 0 Å². The number of hydrogen-bond acceptors (Lipinski definition) is 2. The van der Waals surface area contributed by atoms with Gasteiger partial charge in [-0.05, 0) is 36.7 Å². The van der Waals surface area contributed by atoms with Crippen molar-refractivity contribution >= 4 is 22.6 Å². The Kier molecular flexibility index (Phi) is 9.63. The van der Waals surface area contributed by atoms with Crippen molar-refractivity contribution in [2.45, 2.75) is 26.1 Å². The van der Waals surface area contributed by atoms with Crippen LogP contribution in [-0.2, 0) is 12.3 Å². The second-order valence-electron chi connectivity index (χ2n) is 5.11. The van der Waals surface area contributed by atoms with E-state index in [0.717, 1.165) is 23.2 Å². The third kappa shape index (κ3) is 8.18. The van der Waals surface area contributed by atoms with Crippen LogP contribution in [0.3, 0.4) is 0 Å². The van der Waals surface area contributed by atoms with Crippen molar-refractivity contribution in [2.24, 2.45) is 5.10 Å². The molecule has 2 aromatic carbocycles. The van der Waals surface area contributed by atoms with Gasteiger partial charge in [0.25, 0.3) is 0 Å². The Morgan fingerprint density at radius 3 is 2.09 bits per heavy atom. The highest BCUT2D eigenvalue weighted by Crippen LogP contribution is 2.10. The first-order chi connectivity index (χ1) is 10.7. The maximum atomic E-state index is 4.30. The molecule has 3 nitrogen and oxygen atoms in total. The minimum absolute atomic E-state index is 0. The molecule has 23 heavy (non-hydrogen) atoms. The first kappa shape index (κ1) is 19.7. The Labute approximate surface area is 159 Å². The zero-order valence-electron chi connectivity index (χ0n) is 13.4. The smallest absolute Gasteiger partial charge is 0.329 e. The molecule has 0 aliphatic carbocycles. The van der Waals surface area contributed by atoms with Crippen molar-refractivity contribution in [3.63, 3.8) is 0 Å². The monoisotopic (exact) mass is 439 g/mol. The van der Waals surface area contributed by atoms with E-state index in [0.29, 0.717) is 0 Å². The number of amidine groups is 1. The molecule has 0 saturated heterocycles. The number of hydrazone groups is 1. The lowest BCUT2D eigenvalue weighted by Gasteiger charge is -2.01. The fourth-order valence-corrected chi connectivity index (χ4v) is 2.58. The van der Waals surface area contributed by atoms with E-state index in [1.807, 2.05) is 26.0 Å². The zero-order chi connectivity index (χ0) is 15.6. The fourth-order valence-electron chi connectivity index (χ4n) is 1.79. The number of nitrogens with zero attached hydrogens (tertiary/aromatic N) is 1. The van der Waals surface area contributed by atoms with Gasteiger partial charge in [-0.3, -0.25) is 4.99 Å². The van der Waals surface area contributed by atoms with Gasteiger partial charge in [0, 0.05) is 5.75 Å². The Balaban J connectivity index is 0.00000264. The van der Waals surface area contributed by atoms with Crippen molar-refractivity contribution < 1.29 is 29.0 Å². The van der Waals surface area contributed by atoms with Crippen LogP contribution in [0.1, 0.15) is 25.0 Å². The van der Waals surface area contributed by atoms with Crippen LogP contribution in [0.25, 0.3) is 0 Å². The molecule has 0 aromatic heterocycles. The van der Waals surface area contributed by atoms with Crippen LogP contribution in [-0.4, -0.2) is 10.9 Å². The van der Waals surface area contributed by atoms with E-state index >= 15 is 0 Å². The molecule has 0 heterocycles. The van der Waals surface area contributed by atoms with Gasteiger partial charge in [0.15, 0.2) is 0 Å². The number of hydrogen-bond donors (Lipinski definition) is 2. The molecule has 0 saturated carbocycles. The van der Waals surface area contributed by atoms with Crippen LogP contribution in [0.4, 0.5) is 0 Å². The molecule has 122 valence electrons. The molecule has 0 radical (unpaired) electrons. The van der Waals surface area contributed by atoms with Gasteiger partial charge in [0.05, 0.1) is 5.71 Å². The topological polar surface area (TPSA) is 38.4 Å². The molecular formula is C18H22IN3S. The molecule has 2 rings (SSSR count). The maximum absolute atomic E-state index is 4.30. The van der Waals surface area contributed by atoms with Crippen LogP contribution in [0, 0.1) is 0 Å². The molecule has 2 N–H and O–H groups in total. The largest absolute Gasteiger partial charge is 1.00 e. The summed E-state index contributed by atoms with van der Waals surface area (Å²) in [5, 5.41) is 5.26. The average molecular weight is 439 g/mol. The third-order valence-electron chi connectivity index (χ3n) is 2.90. The predicted octanol–water partition coefficient (Wildman–Crippen LogP) is -0.454. The fraction of sp³-hybridized carbons (Fsp3) is 0.222. The first-order valence-corrected chi connectivity index (χ1v) is 8.31. The van der Waals surface area contributed by atoms with Crippen LogP contribution in [0.15, 0.2) is 65.8 Å². The Morgan fingerprint density at radius 2 is 1.52 bits per heavy atom. The van der Waals surface area contributed by atoms with Gasteiger partial charge in [0.2, 0.25) is 0 Å². The van der Waals surface area contributed by atoms with E-state index in [-0.39, 0.29) is 24.0 Å². The van der Waals surface area contributed by atoms with Gasteiger partial charge >= 0.3 is 5.17 Å². The Morgan fingerprint density at radius 1 is 0.957 bits per heavy atom. The lowest BCUT2D eigenvalue weighted by atomic mass is 10.2. The van der Waals surface area contributed by atoms with Crippen LogP contribution >= 0.6 is 11.8 Å². The van der Waals surface area contributed by atoms with Gasteiger partial charge in [-0.2, -0.15) is 0 Å². The highest BCUT2D eigenvalue weighted by molar-refractivity contribution is 8.12. The van der Waals surface area contributed by atoms with Crippen molar-refractivity contribution in [1.82, 2.24) is 5.43 Å². The van der Waals surface area contributed by atoms with Crippen molar-refractivity contribution in [3.8, 4) is 0 Å². The van der Waals surface area contributed by atoms with Gasteiger partial charge in [0.1, 0.15) is 6.54 Å². The van der Waals surface area contributed by atoms with Crippen LogP contribution in [0.5, 0.6) is 0 Å². The highest BCUT2D eigenvalue weighted by Gasteiger charge is 2.07. The van der Waals surface area contributed by atoms with E-state index in [9.17, 15) is 0 Å². The summed E-state index contributed by atoms with van der Waals surface area (Å²) in [5.74, 6) is 0.906. The molecule has 0 amide bonds. The third-order valence-corrected chi connectivity index (χ3v) is 3.90. The summed E-state index contributed by atoms with van der Waals surface area (Å²) in [6, 6.07) is 20.8. The minimum Gasteiger partial charge on any atom is -1.00 e. The van der Waals surface area contributed by atoms with Crippen molar-refractivity contribution in [1.29, 1.82) is 0 Å². The van der Waals surface area contributed by atoms with Gasteiger partial charge < -0.3 is 24.0 Å². The van der Waals surface area contributed by atoms with E-state index < -0.39 is 0 Å². The molecule has 0 atom stereocenters. The molecule has 0 spiro atoms. The summed E-state index contributed by atoms with van der Waals surface area (Å²) in [7, 11) is 0. The summed E-state index contributed by atoms with van der Waals surface area (Å²) in [4.78, 5) is 3.42. The Bertz CT molecular complexity index is 623. The molecular weight excluding hydrogens is 417 g/mol. The summed E-state index contributed by atoms with van der Waals surface area (Å²) in [6.45, 7) is 4.73. The normalized spacial score (nSPS) is 10.6. The summed E-state index contributed by atoms with van der Waals surface area (Å²) in [5.41, 5.74) is 6.66. The maximum Gasteiger partial charge on any atom is 0.329 e. The predicted molar refractivity (Wildman–Crippen MR) is 95.8 cm³/mol. The summed E-state index contributed by atoms with van der Waals surface area (Å²) >= 11 is 1.72. The van der Waals surface area contributed by atoms with E-state index in [2.05, 4.69) is 64.1 Å². The Hall–Kier alpha value is -1.34. The van der Waals surface area contributed by atoms with E-state index in [1.165, 1.54) is 11.1 Å². The summed E-state index contributed by atoms with van der Waals surface area (Å²) < 4.78 is 0. The number of benzene rings is 2. The molecule has 0 aliphatic rings. The van der Waals surface area contributed by atoms with Crippen LogP contribution in [0.2, 0.25) is 0 Å².